The van der Waals surface area contributed by atoms with Gasteiger partial charge in [-0.1, -0.05) is 103 Å². The summed E-state index contributed by atoms with van der Waals surface area (Å²) in [5.41, 5.74) is 6.24. The van der Waals surface area contributed by atoms with Crippen LogP contribution >= 0.6 is 82.6 Å². The van der Waals surface area contributed by atoms with E-state index in [-0.39, 0.29) is 30.6 Å². The third-order valence-electron chi connectivity index (χ3n) is 9.15. The summed E-state index contributed by atoms with van der Waals surface area (Å²) < 4.78 is 21.8. The van der Waals surface area contributed by atoms with Crippen LogP contribution in [-0.2, 0) is 25.6 Å². The summed E-state index contributed by atoms with van der Waals surface area (Å²) in [5, 5.41) is 8.27. The number of benzene rings is 5. The van der Waals surface area contributed by atoms with Crippen LogP contribution in [0.1, 0.15) is 40.6 Å². The largest absolute Gasteiger partial charge is 0.371 e. The molecule has 3 atom stereocenters. The van der Waals surface area contributed by atoms with E-state index in [1.165, 1.54) is 0 Å². The first kappa shape index (κ1) is 41.8. The van der Waals surface area contributed by atoms with Gasteiger partial charge in [0.05, 0.1) is 48.6 Å². The Kier molecular flexibility index (Phi) is 14.4. The summed E-state index contributed by atoms with van der Waals surface area (Å²) in [6.07, 6.45) is 0. The first-order valence-corrected chi connectivity index (χ1v) is 21.3. The highest BCUT2D eigenvalue weighted by molar-refractivity contribution is 9.11. The zero-order valence-corrected chi connectivity index (χ0v) is 37.1. The third-order valence-corrected chi connectivity index (χ3v) is 11.5. The lowest BCUT2D eigenvalue weighted by atomic mass is 10.1. The summed E-state index contributed by atoms with van der Waals surface area (Å²) in [4.78, 5) is 20.5. The Hall–Kier alpha value is -3.30. The summed E-state index contributed by atoms with van der Waals surface area (Å²) in [6.45, 7) is 2.87. The van der Waals surface area contributed by atoms with Crippen molar-refractivity contribution in [1.29, 1.82) is 0 Å². The first-order valence-electron chi connectivity index (χ1n) is 17.8. The fraction of sp³-hybridized carbons (Fsp3) is 0.214. The minimum atomic E-state index is -0.0822. The van der Waals surface area contributed by atoms with Crippen LogP contribution in [0.25, 0.3) is 11.0 Å². The molecule has 1 amide bonds. The standard InChI is InChI=1S/C16H13Br2ClN2O.C16H12BrClN2O.C10H10ClNO2/c17-11-4-5-14(13(18)7-11)20-16-9-22-8-15(21-16)10-2-1-3-12(19)6-10;17-11-4-5-13-14(7-11)20-15(8-21-9-16(20)19-13)10-2-1-3-12(18)6-10;11-8-3-1-2-7(4-8)9-5-14-6-10(13)12-9/h1-7,15H,8-9H2,(H,20,21);1-7,15H,8-9H2;1-4,9H,5-6H2,(H,12,13). The number of carbonyl (C=O) groups excluding carboxylic acids is 1. The highest BCUT2D eigenvalue weighted by Gasteiger charge is 2.26. The number of morpholine rings is 1. The number of hydrogen-bond acceptors (Lipinski definition) is 7. The number of ether oxygens (including phenoxy) is 3. The third kappa shape index (κ3) is 11.1. The van der Waals surface area contributed by atoms with Crippen LogP contribution in [0, 0.1) is 0 Å². The van der Waals surface area contributed by atoms with Crippen molar-refractivity contribution in [2.45, 2.75) is 24.7 Å². The highest BCUT2D eigenvalue weighted by atomic mass is 79.9. The number of aromatic nitrogens is 2. The molecule has 3 unspecified atom stereocenters. The molecule has 1 fully saturated rings. The second-order valence-electron chi connectivity index (χ2n) is 13.2. The molecule has 9 rings (SSSR count). The van der Waals surface area contributed by atoms with E-state index >= 15 is 0 Å². The van der Waals surface area contributed by atoms with E-state index in [1.54, 1.807) is 6.07 Å². The van der Waals surface area contributed by atoms with Gasteiger partial charge in [-0.15, -0.1) is 0 Å². The number of carbonyl (C=O) groups is 1. The molecule has 0 radical (unpaired) electrons. The topological polar surface area (TPSA) is 99.0 Å². The van der Waals surface area contributed by atoms with Gasteiger partial charge >= 0.3 is 0 Å². The molecule has 15 heteroatoms. The number of rotatable bonds is 4. The second kappa shape index (κ2) is 19.6. The Morgan fingerprint density at radius 2 is 1.32 bits per heavy atom. The van der Waals surface area contributed by atoms with Crippen molar-refractivity contribution in [3.05, 3.63) is 160 Å². The molecular formula is C42H35Br3Cl3N5O4. The number of nitrogens with one attached hydrogen (secondary N) is 2. The quantitative estimate of drug-likeness (QED) is 0.183. The molecule has 0 saturated carbocycles. The van der Waals surface area contributed by atoms with Crippen LogP contribution in [0.5, 0.6) is 0 Å². The Morgan fingerprint density at radius 1 is 0.684 bits per heavy atom. The highest BCUT2D eigenvalue weighted by Crippen LogP contribution is 2.33. The molecule has 2 N–H and O–H groups in total. The maximum Gasteiger partial charge on any atom is 0.246 e. The predicted molar refractivity (Wildman–Crippen MR) is 238 cm³/mol. The average molecular weight is 1020 g/mol. The van der Waals surface area contributed by atoms with E-state index in [0.717, 1.165) is 63.5 Å². The number of nitrogens with zero attached hydrogens (tertiary/aromatic N) is 3. The number of amidine groups is 1. The maximum absolute atomic E-state index is 11.1. The van der Waals surface area contributed by atoms with Crippen LogP contribution in [0.15, 0.2) is 128 Å². The fourth-order valence-electron chi connectivity index (χ4n) is 6.54. The Bertz CT molecular complexity index is 2410. The van der Waals surface area contributed by atoms with Gasteiger partial charge in [0, 0.05) is 28.5 Å². The number of fused-ring (bicyclic) bond motifs is 3. The second-order valence-corrected chi connectivity index (χ2v) is 17.2. The van der Waals surface area contributed by atoms with Crippen molar-refractivity contribution in [3.8, 4) is 0 Å². The molecule has 9 nitrogen and oxygen atoms in total. The van der Waals surface area contributed by atoms with Crippen molar-refractivity contribution in [1.82, 2.24) is 14.9 Å². The van der Waals surface area contributed by atoms with Gasteiger partial charge in [-0.2, -0.15) is 0 Å². The van der Waals surface area contributed by atoms with E-state index in [9.17, 15) is 4.79 Å². The SMILES string of the molecule is Clc1cccc(C2COCC(Nc3ccc(Br)cc3Br)=N2)c1.Clc1cccc(C2COCc3nc4ccc(Br)cc4n32)c1.O=C1COCC(c2cccc(Cl)c2)N1. The monoisotopic (exact) mass is 1010 g/mol. The van der Waals surface area contributed by atoms with Gasteiger partial charge in [-0.05, 0) is 105 Å². The molecule has 0 spiro atoms. The summed E-state index contributed by atoms with van der Waals surface area (Å²) in [7, 11) is 0. The lowest BCUT2D eigenvalue weighted by Crippen LogP contribution is -2.39. The van der Waals surface area contributed by atoms with Crippen molar-refractivity contribution in [2.24, 2.45) is 4.99 Å². The molecule has 4 heterocycles. The van der Waals surface area contributed by atoms with Crippen LogP contribution in [-0.4, -0.2) is 54.3 Å². The Labute approximate surface area is 370 Å². The molecule has 3 aliphatic rings. The molecule has 1 saturated heterocycles. The van der Waals surface area contributed by atoms with Gasteiger partial charge in [0.1, 0.15) is 37.5 Å². The van der Waals surface area contributed by atoms with E-state index in [4.69, 9.17) is 54.0 Å². The lowest BCUT2D eigenvalue weighted by Gasteiger charge is -2.26. The minimum Gasteiger partial charge on any atom is -0.371 e. The number of anilines is 1. The molecular weight excluding hydrogens is 985 g/mol. The number of aliphatic imine (C=N–C) groups is 1. The Balaban J connectivity index is 0.000000134. The molecule has 294 valence electrons. The van der Waals surface area contributed by atoms with Gasteiger partial charge in [0.15, 0.2) is 0 Å². The van der Waals surface area contributed by atoms with Crippen molar-refractivity contribution >= 4 is 111 Å². The molecule has 6 aromatic rings. The molecule has 1 aromatic heterocycles. The normalized spacial score (nSPS) is 18.9. The molecule has 57 heavy (non-hydrogen) atoms. The zero-order chi connectivity index (χ0) is 39.9. The number of hydrogen-bond donors (Lipinski definition) is 2. The average Bonchev–Trinajstić information content (AvgIpc) is 3.58. The van der Waals surface area contributed by atoms with E-state index in [2.05, 4.69) is 80.1 Å². The van der Waals surface area contributed by atoms with Crippen LogP contribution in [0.3, 0.4) is 0 Å². The molecule has 0 aliphatic carbocycles. The molecule has 0 bridgehead atoms. The minimum absolute atomic E-state index is 0.0378. The summed E-state index contributed by atoms with van der Waals surface area (Å²) in [5.74, 6) is 1.68. The van der Waals surface area contributed by atoms with Gasteiger partial charge in [0.2, 0.25) is 5.91 Å². The number of amides is 1. The summed E-state index contributed by atoms with van der Waals surface area (Å²) >= 11 is 28.6. The fourth-order valence-corrected chi connectivity index (χ4v) is 8.63. The maximum atomic E-state index is 11.1. The van der Waals surface area contributed by atoms with Crippen LogP contribution < -0.4 is 10.6 Å². The van der Waals surface area contributed by atoms with Gasteiger partial charge < -0.3 is 29.4 Å². The van der Waals surface area contributed by atoms with Crippen LogP contribution in [0.4, 0.5) is 5.69 Å². The van der Waals surface area contributed by atoms with Crippen molar-refractivity contribution in [3.63, 3.8) is 0 Å². The zero-order valence-electron chi connectivity index (χ0n) is 30.1. The Morgan fingerprint density at radius 3 is 2.04 bits per heavy atom. The number of halogens is 6. The first-order chi connectivity index (χ1) is 27.6. The van der Waals surface area contributed by atoms with E-state index < -0.39 is 0 Å². The van der Waals surface area contributed by atoms with Crippen LogP contribution in [0.2, 0.25) is 15.1 Å². The van der Waals surface area contributed by atoms with Crippen molar-refractivity contribution < 1.29 is 19.0 Å². The van der Waals surface area contributed by atoms with Crippen molar-refractivity contribution in [2.75, 3.05) is 38.4 Å². The van der Waals surface area contributed by atoms with E-state index in [1.807, 2.05) is 91.0 Å². The van der Waals surface area contributed by atoms with Gasteiger partial charge in [0.25, 0.3) is 0 Å². The van der Waals surface area contributed by atoms with Gasteiger partial charge in [-0.3, -0.25) is 9.79 Å². The smallest absolute Gasteiger partial charge is 0.246 e. The van der Waals surface area contributed by atoms with E-state index in [0.29, 0.717) is 43.1 Å². The molecule has 3 aliphatic heterocycles. The molecule has 5 aromatic carbocycles. The predicted octanol–water partition coefficient (Wildman–Crippen LogP) is 11.5. The van der Waals surface area contributed by atoms with Gasteiger partial charge in [-0.25, -0.2) is 4.98 Å². The summed E-state index contributed by atoms with van der Waals surface area (Å²) in [6, 6.07) is 35.2. The lowest BCUT2D eigenvalue weighted by molar-refractivity contribution is -0.131. The number of imidazole rings is 1.